The van der Waals surface area contributed by atoms with Crippen LogP contribution in [0.5, 0.6) is 0 Å². The molecule has 2 rings (SSSR count). The number of nitrogens with two attached hydrogens (primary N) is 1. The van der Waals surface area contributed by atoms with Crippen molar-refractivity contribution in [2.75, 3.05) is 0 Å². The Kier molecular flexibility index (Phi) is 3.65. The molecule has 0 spiro atoms. The smallest absolute Gasteiger partial charge is 0.0268 e. The van der Waals surface area contributed by atoms with Gasteiger partial charge in [-0.2, -0.15) is 0 Å². The molecule has 0 amide bonds. The van der Waals surface area contributed by atoms with Crippen molar-refractivity contribution in [1.82, 2.24) is 0 Å². The first-order valence-electron chi connectivity index (χ1n) is 6.53. The van der Waals surface area contributed by atoms with Crippen molar-refractivity contribution in [2.45, 2.75) is 51.5 Å². The summed E-state index contributed by atoms with van der Waals surface area (Å²) in [6.45, 7) is 4.46. The highest BCUT2D eigenvalue weighted by Gasteiger charge is 2.22. The van der Waals surface area contributed by atoms with Gasteiger partial charge < -0.3 is 5.73 Å². The fraction of sp³-hybridized carbons (Fsp3) is 0.600. The topological polar surface area (TPSA) is 26.0 Å². The Morgan fingerprint density at radius 1 is 1.12 bits per heavy atom. The van der Waals surface area contributed by atoms with Crippen LogP contribution in [0.15, 0.2) is 24.3 Å². The summed E-state index contributed by atoms with van der Waals surface area (Å²) in [5, 5.41) is 0. The minimum absolute atomic E-state index is 0.163. The molecule has 1 aromatic carbocycles. The molecule has 0 heterocycles. The van der Waals surface area contributed by atoms with E-state index in [4.69, 9.17) is 5.73 Å². The number of hydrogen-bond donors (Lipinski definition) is 1. The summed E-state index contributed by atoms with van der Waals surface area (Å²) in [6.07, 6.45) is 5.42. The van der Waals surface area contributed by atoms with E-state index in [1.807, 2.05) is 0 Å². The van der Waals surface area contributed by atoms with E-state index in [2.05, 4.69) is 38.1 Å². The van der Waals surface area contributed by atoms with Gasteiger partial charge in [0.1, 0.15) is 0 Å². The molecule has 1 atom stereocenters. The minimum atomic E-state index is 0.163. The lowest BCUT2D eigenvalue weighted by Crippen LogP contribution is -2.15. The Bertz CT molecular complexity index is 335. The van der Waals surface area contributed by atoms with Crippen LogP contribution in [0.25, 0.3) is 0 Å². The van der Waals surface area contributed by atoms with Gasteiger partial charge in [-0.3, -0.25) is 0 Å². The molecular formula is C15H23N. The molecule has 0 saturated heterocycles. The average Bonchev–Trinajstić information content (AvgIpc) is 2.30. The normalized spacial score (nSPS) is 27.7. The second-order valence-corrected chi connectivity index (χ2v) is 5.37. The van der Waals surface area contributed by atoms with Crippen LogP contribution >= 0.6 is 0 Å². The Balaban J connectivity index is 2.19. The third-order valence-corrected chi connectivity index (χ3v) is 3.94. The lowest BCUT2D eigenvalue weighted by Gasteiger charge is -2.28. The zero-order valence-electron chi connectivity index (χ0n) is 10.4. The van der Waals surface area contributed by atoms with Crippen molar-refractivity contribution >= 4 is 0 Å². The largest absolute Gasteiger partial charge is 0.324 e. The maximum atomic E-state index is 6.05. The van der Waals surface area contributed by atoms with Crippen molar-refractivity contribution in [3.63, 3.8) is 0 Å². The fourth-order valence-corrected chi connectivity index (χ4v) is 2.87. The monoisotopic (exact) mass is 217 g/mol. The molecule has 1 nitrogen and oxygen atoms in total. The van der Waals surface area contributed by atoms with Crippen molar-refractivity contribution in [1.29, 1.82) is 0 Å². The molecule has 0 bridgehead atoms. The highest BCUT2D eigenvalue weighted by atomic mass is 14.6. The summed E-state index contributed by atoms with van der Waals surface area (Å²) < 4.78 is 0. The van der Waals surface area contributed by atoms with Gasteiger partial charge in [0.05, 0.1) is 0 Å². The van der Waals surface area contributed by atoms with Crippen LogP contribution in [-0.4, -0.2) is 0 Å². The van der Waals surface area contributed by atoms with Crippen LogP contribution < -0.4 is 5.73 Å². The van der Waals surface area contributed by atoms with E-state index >= 15 is 0 Å². The van der Waals surface area contributed by atoms with Crippen LogP contribution in [0.3, 0.4) is 0 Å². The maximum Gasteiger partial charge on any atom is 0.0268 e. The zero-order chi connectivity index (χ0) is 11.5. The molecule has 0 aliphatic heterocycles. The van der Waals surface area contributed by atoms with Crippen molar-refractivity contribution in [3.05, 3.63) is 35.4 Å². The second kappa shape index (κ2) is 5.01. The summed E-state index contributed by atoms with van der Waals surface area (Å²) >= 11 is 0. The fourth-order valence-electron chi connectivity index (χ4n) is 2.87. The Morgan fingerprint density at radius 3 is 2.38 bits per heavy atom. The second-order valence-electron chi connectivity index (χ2n) is 5.37. The summed E-state index contributed by atoms with van der Waals surface area (Å²) in [5.41, 5.74) is 8.90. The van der Waals surface area contributed by atoms with Crippen LogP contribution in [0.2, 0.25) is 0 Å². The van der Waals surface area contributed by atoms with Gasteiger partial charge >= 0.3 is 0 Å². The van der Waals surface area contributed by atoms with E-state index in [1.165, 1.54) is 36.8 Å². The third-order valence-electron chi connectivity index (χ3n) is 3.94. The SMILES string of the molecule is CC1CCC(c2ccccc2C(C)N)CC1. The Labute approximate surface area is 99.0 Å². The summed E-state index contributed by atoms with van der Waals surface area (Å²) in [7, 11) is 0. The molecule has 1 unspecified atom stereocenters. The quantitative estimate of drug-likeness (QED) is 0.796. The molecule has 0 aromatic heterocycles. The standard InChI is InChI=1S/C15H23N/c1-11-7-9-13(10-8-11)15-6-4-3-5-14(15)12(2)16/h3-6,11-13H,7-10,16H2,1-2H3. The molecule has 1 saturated carbocycles. The van der Waals surface area contributed by atoms with Crippen molar-refractivity contribution in [2.24, 2.45) is 11.7 Å². The molecule has 2 N–H and O–H groups in total. The van der Waals surface area contributed by atoms with Gasteiger partial charge in [-0.05, 0) is 42.7 Å². The van der Waals surface area contributed by atoms with Crippen LogP contribution in [0.1, 0.15) is 62.6 Å². The van der Waals surface area contributed by atoms with E-state index in [0.29, 0.717) is 0 Å². The van der Waals surface area contributed by atoms with Crippen LogP contribution in [0, 0.1) is 5.92 Å². The van der Waals surface area contributed by atoms with E-state index in [0.717, 1.165) is 11.8 Å². The predicted octanol–water partition coefficient (Wildman–Crippen LogP) is 4.00. The van der Waals surface area contributed by atoms with E-state index in [1.54, 1.807) is 0 Å². The van der Waals surface area contributed by atoms with Gasteiger partial charge in [0.2, 0.25) is 0 Å². The van der Waals surface area contributed by atoms with Crippen LogP contribution in [-0.2, 0) is 0 Å². The van der Waals surface area contributed by atoms with Gasteiger partial charge in [-0.15, -0.1) is 0 Å². The third kappa shape index (κ3) is 2.46. The molecule has 88 valence electrons. The lowest BCUT2D eigenvalue weighted by molar-refractivity contribution is 0.346. The summed E-state index contributed by atoms with van der Waals surface area (Å²) in [4.78, 5) is 0. The first-order chi connectivity index (χ1) is 7.68. The van der Waals surface area contributed by atoms with Crippen molar-refractivity contribution < 1.29 is 0 Å². The number of rotatable bonds is 2. The number of hydrogen-bond acceptors (Lipinski definition) is 1. The van der Waals surface area contributed by atoms with Gasteiger partial charge in [-0.25, -0.2) is 0 Å². The number of benzene rings is 1. The van der Waals surface area contributed by atoms with Crippen LogP contribution in [0.4, 0.5) is 0 Å². The lowest BCUT2D eigenvalue weighted by atomic mass is 9.77. The first kappa shape index (κ1) is 11.7. The molecule has 1 heteroatoms. The molecule has 1 aliphatic carbocycles. The van der Waals surface area contributed by atoms with Crippen molar-refractivity contribution in [3.8, 4) is 0 Å². The Morgan fingerprint density at radius 2 is 1.75 bits per heavy atom. The first-order valence-corrected chi connectivity index (χ1v) is 6.53. The highest BCUT2D eigenvalue weighted by Crippen LogP contribution is 2.37. The van der Waals surface area contributed by atoms with E-state index < -0.39 is 0 Å². The van der Waals surface area contributed by atoms with Gasteiger partial charge in [-0.1, -0.05) is 44.0 Å². The Hall–Kier alpha value is -0.820. The highest BCUT2D eigenvalue weighted by molar-refractivity contribution is 5.32. The molecule has 1 aliphatic rings. The van der Waals surface area contributed by atoms with Gasteiger partial charge in [0, 0.05) is 6.04 Å². The van der Waals surface area contributed by atoms with E-state index in [9.17, 15) is 0 Å². The molecule has 1 aromatic rings. The summed E-state index contributed by atoms with van der Waals surface area (Å²) in [5.74, 6) is 1.66. The molecule has 1 fully saturated rings. The minimum Gasteiger partial charge on any atom is -0.324 e. The van der Waals surface area contributed by atoms with Gasteiger partial charge in [0.25, 0.3) is 0 Å². The molecular weight excluding hydrogens is 194 g/mol. The average molecular weight is 217 g/mol. The predicted molar refractivity (Wildman–Crippen MR) is 69.4 cm³/mol. The zero-order valence-corrected chi connectivity index (χ0v) is 10.4. The molecule has 16 heavy (non-hydrogen) atoms. The van der Waals surface area contributed by atoms with E-state index in [-0.39, 0.29) is 6.04 Å². The maximum absolute atomic E-state index is 6.05. The van der Waals surface area contributed by atoms with Gasteiger partial charge in [0.15, 0.2) is 0 Å². The summed E-state index contributed by atoms with van der Waals surface area (Å²) in [6, 6.07) is 8.89. The molecule has 0 radical (unpaired) electrons.